The van der Waals surface area contributed by atoms with Crippen molar-refractivity contribution in [3.05, 3.63) is 34.0 Å². The number of aryl methyl sites for hydroxylation is 3. The third kappa shape index (κ3) is 2.81. The van der Waals surface area contributed by atoms with Crippen LogP contribution in [-0.4, -0.2) is 15.9 Å². The average molecular weight is 310 g/mol. The van der Waals surface area contributed by atoms with Crippen LogP contribution in [-0.2, 0) is 17.6 Å². The summed E-state index contributed by atoms with van der Waals surface area (Å²) < 4.78 is 4.85. The van der Waals surface area contributed by atoms with E-state index in [1.165, 1.54) is 16.2 Å². The van der Waals surface area contributed by atoms with Crippen LogP contribution in [0.5, 0.6) is 0 Å². The zero-order valence-corrected chi connectivity index (χ0v) is 13.4. The largest absolute Gasteiger partial charge is 0.431 e. The second-order valence-electron chi connectivity index (χ2n) is 4.10. The molecule has 0 radical (unpaired) electrons. The lowest BCUT2D eigenvalue weighted by molar-refractivity contribution is 0.0668. The van der Waals surface area contributed by atoms with Gasteiger partial charge in [0.1, 0.15) is 4.88 Å². The Morgan fingerprint density at radius 2 is 1.85 bits per heavy atom. The summed E-state index contributed by atoms with van der Waals surface area (Å²) in [5.41, 5.74) is 1.84. The Kier molecular flexibility index (Phi) is 4.67. The lowest BCUT2D eigenvalue weighted by atomic mass is 10.3. The van der Waals surface area contributed by atoms with E-state index in [0.717, 1.165) is 34.1 Å². The highest BCUT2D eigenvalue weighted by Gasteiger charge is 2.20. The molecule has 0 unspecified atom stereocenters. The van der Waals surface area contributed by atoms with Crippen LogP contribution in [0.15, 0.2) is 12.8 Å². The first-order valence-corrected chi connectivity index (χ1v) is 8.02. The molecule has 6 heteroatoms. The van der Waals surface area contributed by atoms with Crippen molar-refractivity contribution in [3.8, 4) is 10.0 Å². The van der Waals surface area contributed by atoms with Gasteiger partial charge in [0.25, 0.3) is 0 Å². The van der Waals surface area contributed by atoms with Crippen molar-refractivity contribution in [3.63, 3.8) is 0 Å². The summed E-state index contributed by atoms with van der Waals surface area (Å²) >= 11 is 2.95. The van der Waals surface area contributed by atoms with E-state index in [0.29, 0.717) is 11.3 Å². The summed E-state index contributed by atoms with van der Waals surface area (Å²) in [5, 5.41) is 1.65. The molecular weight excluding hydrogens is 292 g/mol. The van der Waals surface area contributed by atoms with Crippen LogP contribution in [0.2, 0.25) is 0 Å². The molecule has 0 aliphatic carbocycles. The number of aromatic nitrogens is 2. The molecular formula is C14H18N2O2S2. The van der Waals surface area contributed by atoms with Crippen LogP contribution in [0.1, 0.15) is 41.2 Å². The number of carbonyl (C=O) groups excluding carboxylic acids is 1. The van der Waals surface area contributed by atoms with Crippen molar-refractivity contribution < 1.29 is 11.0 Å². The molecule has 0 N–H and O–H groups in total. The predicted octanol–water partition coefficient (Wildman–Crippen LogP) is 4.25. The van der Waals surface area contributed by atoms with Crippen LogP contribution < -0.4 is 0 Å². The number of nitrogens with zero attached hydrogens (tertiary/aromatic N) is 2. The van der Waals surface area contributed by atoms with Crippen LogP contribution in [0.3, 0.4) is 0 Å². The molecule has 108 valence electrons. The molecule has 20 heavy (non-hydrogen) atoms. The monoisotopic (exact) mass is 310 g/mol. The van der Waals surface area contributed by atoms with Gasteiger partial charge in [-0.3, -0.25) is 0 Å². The number of thiazole rings is 2. The molecule has 2 aromatic rings. The van der Waals surface area contributed by atoms with E-state index >= 15 is 0 Å². The standard InChI is InChI=1S/C14H16N2O2S2.H2/c1-5-9-8(4)19-12(15-9)13-16-10(6-2)11(20-13)14(17)18-7-3;/h7H,3,5-6H2,1-2,4H3;1H. The normalized spacial score (nSPS) is 10.6. The van der Waals surface area contributed by atoms with Gasteiger partial charge in [-0.25, -0.2) is 14.8 Å². The molecule has 4 nitrogen and oxygen atoms in total. The number of ether oxygens (including phenoxy) is 1. The lowest BCUT2D eigenvalue weighted by Gasteiger charge is -1.96. The predicted molar refractivity (Wildman–Crippen MR) is 84.4 cm³/mol. The van der Waals surface area contributed by atoms with Crippen molar-refractivity contribution in [1.29, 1.82) is 0 Å². The number of carbonyl (C=O) groups is 1. The Labute approximate surface area is 127 Å². The summed E-state index contributed by atoms with van der Waals surface area (Å²) in [4.78, 5) is 22.7. The maximum absolute atomic E-state index is 11.9. The Morgan fingerprint density at radius 3 is 2.40 bits per heavy atom. The molecule has 2 aromatic heterocycles. The van der Waals surface area contributed by atoms with Crippen molar-refractivity contribution in [1.82, 2.24) is 9.97 Å². The first kappa shape index (κ1) is 14.9. The van der Waals surface area contributed by atoms with Crippen LogP contribution in [0.4, 0.5) is 0 Å². The highest BCUT2D eigenvalue weighted by molar-refractivity contribution is 7.22. The first-order valence-electron chi connectivity index (χ1n) is 6.38. The summed E-state index contributed by atoms with van der Waals surface area (Å²) in [6, 6.07) is 0. The van der Waals surface area contributed by atoms with E-state index in [4.69, 9.17) is 4.74 Å². The minimum atomic E-state index is -0.399. The van der Waals surface area contributed by atoms with Crippen LogP contribution in [0.25, 0.3) is 10.0 Å². The molecule has 0 aromatic carbocycles. The average Bonchev–Trinajstić information content (AvgIpc) is 3.02. The summed E-state index contributed by atoms with van der Waals surface area (Å²) in [6.45, 7) is 9.51. The third-order valence-corrected chi connectivity index (χ3v) is 5.05. The quantitative estimate of drug-likeness (QED) is 0.612. The minimum Gasteiger partial charge on any atom is -0.431 e. The van der Waals surface area contributed by atoms with E-state index in [-0.39, 0.29) is 1.43 Å². The maximum Gasteiger partial charge on any atom is 0.355 e. The highest BCUT2D eigenvalue weighted by atomic mass is 32.1. The molecule has 0 bridgehead atoms. The van der Waals surface area contributed by atoms with Gasteiger partial charge in [-0.15, -0.1) is 22.7 Å². The maximum atomic E-state index is 11.9. The zero-order chi connectivity index (χ0) is 14.7. The molecule has 0 fully saturated rings. The van der Waals surface area contributed by atoms with E-state index in [2.05, 4.69) is 30.4 Å². The van der Waals surface area contributed by atoms with Crippen LogP contribution >= 0.6 is 22.7 Å². The minimum absolute atomic E-state index is 0. The third-order valence-electron chi connectivity index (χ3n) is 2.82. The van der Waals surface area contributed by atoms with E-state index < -0.39 is 5.97 Å². The Balaban J connectivity index is 0.00000220. The van der Waals surface area contributed by atoms with Crippen molar-refractivity contribution in [2.75, 3.05) is 0 Å². The summed E-state index contributed by atoms with van der Waals surface area (Å²) in [6.07, 6.45) is 2.73. The number of rotatable bonds is 5. The molecule has 0 amide bonds. The topological polar surface area (TPSA) is 52.1 Å². The van der Waals surface area contributed by atoms with Gasteiger partial charge in [0.05, 0.1) is 17.6 Å². The highest BCUT2D eigenvalue weighted by Crippen LogP contribution is 2.33. The summed E-state index contributed by atoms with van der Waals surface area (Å²) in [5.74, 6) is -0.399. The fourth-order valence-electron chi connectivity index (χ4n) is 1.82. The second kappa shape index (κ2) is 6.28. The van der Waals surface area contributed by atoms with E-state index in [1.54, 1.807) is 11.3 Å². The fourth-order valence-corrected chi connectivity index (χ4v) is 3.88. The van der Waals surface area contributed by atoms with Gasteiger partial charge in [0, 0.05) is 6.30 Å². The molecule has 0 saturated carbocycles. The molecule has 0 atom stereocenters. The summed E-state index contributed by atoms with van der Waals surface area (Å²) in [7, 11) is 0. The lowest BCUT2D eigenvalue weighted by Crippen LogP contribution is -2.01. The van der Waals surface area contributed by atoms with Gasteiger partial charge < -0.3 is 4.74 Å². The van der Waals surface area contributed by atoms with Gasteiger partial charge >= 0.3 is 5.97 Å². The van der Waals surface area contributed by atoms with Crippen LogP contribution in [0, 0.1) is 6.92 Å². The molecule has 2 heterocycles. The van der Waals surface area contributed by atoms with Gasteiger partial charge in [-0.2, -0.15) is 0 Å². The van der Waals surface area contributed by atoms with Crippen molar-refractivity contribution >= 4 is 28.6 Å². The number of hydrogen-bond acceptors (Lipinski definition) is 6. The smallest absolute Gasteiger partial charge is 0.355 e. The molecule has 0 spiro atoms. The Morgan fingerprint density at radius 1 is 1.25 bits per heavy atom. The van der Waals surface area contributed by atoms with Crippen molar-refractivity contribution in [2.45, 2.75) is 33.6 Å². The fraction of sp³-hybridized carbons (Fsp3) is 0.357. The SMILES string of the molecule is C=COC(=O)c1sc(-c2nc(CC)c(C)s2)nc1CC.[HH]. The number of hydrogen-bond donors (Lipinski definition) is 0. The second-order valence-corrected chi connectivity index (χ2v) is 6.30. The molecule has 0 aliphatic rings. The van der Waals surface area contributed by atoms with Gasteiger partial charge in [-0.1, -0.05) is 20.4 Å². The first-order chi connectivity index (χ1) is 9.60. The van der Waals surface area contributed by atoms with E-state index in [1.807, 2.05) is 6.92 Å². The molecule has 2 rings (SSSR count). The Hall–Kier alpha value is -1.53. The van der Waals surface area contributed by atoms with Crippen molar-refractivity contribution in [2.24, 2.45) is 0 Å². The zero-order valence-electron chi connectivity index (χ0n) is 11.7. The van der Waals surface area contributed by atoms with Gasteiger partial charge in [-0.05, 0) is 19.8 Å². The molecule has 0 aliphatic heterocycles. The van der Waals surface area contributed by atoms with Gasteiger partial charge in [0.2, 0.25) is 0 Å². The molecule has 0 saturated heterocycles. The Bertz CT molecular complexity index is 649. The van der Waals surface area contributed by atoms with E-state index in [9.17, 15) is 4.79 Å². The number of esters is 1. The van der Waals surface area contributed by atoms with Gasteiger partial charge in [0.15, 0.2) is 10.0 Å².